The summed E-state index contributed by atoms with van der Waals surface area (Å²) in [4.78, 5) is 0. The van der Waals surface area contributed by atoms with E-state index in [1.54, 1.807) is 0 Å². The van der Waals surface area contributed by atoms with E-state index in [1.165, 1.54) is 84.5 Å². The number of nitrogens with zero attached hydrogens (tertiary/aromatic N) is 4. The molecule has 0 bridgehead atoms. The zero-order valence-electron chi connectivity index (χ0n) is 27.2. The summed E-state index contributed by atoms with van der Waals surface area (Å²) in [7, 11) is 1.25. The van der Waals surface area contributed by atoms with Crippen molar-refractivity contribution in [3.63, 3.8) is 0 Å². The van der Waals surface area contributed by atoms with Gasteiger partial charge in [-0.05, 0) is 0 Å². The Hall–Kier alpha value is -1.83. The summed E-state index contributed by atoms with van der Waals surface area (Å²) >= 11 is 6.00. The molecule has 0 aromatic heterocycles. The van der Waals surface area contributed by atoms with Crippen LogP contribution in [0.25, 0.3) is 21.3 Å². The van der Waals surface area contributed by atoms with Crippen LogP contribution in [0.3, 0.4) is 0 Å². The minimum atomic E-state index is 0.401. The van der Waals surface area contributed by atoms with Crippen molar-refractivity contribution in [2.45, 2.75) is 102 Å². The Kier molecular flexibility index (Phi) is 19.0. The van der Waals surface area contributed by atoms with Crippen LogP contribution in [-0.2, 0) is 37.1 Å². The standard InChI is InChI=1S/2C20H24N2.2BrH.Ni/c2*1-3-9-17(10-4-1)15-21-19-13-7-8-14-20(19)22-16-18-11-5-2-6-12-18;;;/h2*1-6,9-12,19-20H,7-8,13-16H2;2*1H;/q2*-2;;;+2/p-2/t19-,20?;19-,20-;;;/m11.../s1. The molecule has 2 aliphatic carbocycles. The molecule has 0 N–H and O–H groups in total. The van der Waals surface area contributed by atoms with Crippen molar-refractivity contribution in [3.05, 3.63) is 165 Å². The molecule has 0 aliphatic heterocycles. The first-order chi connectivity index (χ1) is 23.2. The van der Waals surface area contributed by atoms with Crippen LogP contribution < -0.4 is 0 Å². The molecule has 0 radical (unpaired) electrons. The van der Waals surface area contributed by atoms with Gasteiger partial charge in [0.15, 0.2) is 0 Å². The molecule has 4 nitrogen and oxygen atoms in total. The molecule has 0 amide bonds. The number of halogens is 2. The fourth-order valence-electron chi connectivity index (χ4n) is 6.26. The molecule has 4 aromatic carbocycles. The van der Waals surface area contributed by atoms with Crippen LogP contribution >= 0.6 is 28.5 Å². The van der Waals surface area contributed by atoms with Gasteiger partial charge in [-0.25, -0.2) is 0 Å². The molecule has 7 heteroatoms. The van der Waals surface area contributed by atoms with Crippen LogP contribution in [0.1, 0.15) is 73.6 Å². The van der Waals surface area contributed by atoms with Crippen LogP contribution in [0.4, 0.5) is 0 Å². The van der Waals surface area contributed by atoms with Gasteiger partial charge in [0.1, 0.15) is 0 Å². The van der Waals surface area contributed by atoms with Crippen LogP contribution in [0.5, 0.6) is 0 Å². The van der Waals surface area contributed by atoms with Gasteiger partial charge in [0.25, 0.3) is 0 Å². The minimum Gasteiger partial charge on any atom is -0.657 e. The molecule has 2 fully saturated rings. The van der Waals surface area contributed by atoms with Gasteiger partial charge < -0.3 is 21.3 Å². The summed E-state index contributed by atoms with van der Waals surface area (Å²) in [5, 5.41) is 19.8. The molecule has 1 unspecified atom stereocenters. The minimum absolute atomic E-state index is 0.401. The van der Waals surface area contributed by atoms with E-state index in [2.05, 4.69) is 150 Å². The fourth-order valence-corrected chi connectivity index (χ4v) is 6.26. The predicted octanol–water partition coefficient (Wildman–Crippen LogP) is 12.6. The third-order valence-electron chi connectivity index (χ3n) is 8.79. The van der Waals surface area contributed by atoms with Crippen molar-refractivity contribution in [1.29, 1.82) is 0 Å². The molecule has 47 heavy (non-hydrogen) atoms. The van der Waals surface area contributed by atoms with E-state index < -0.39 is 0 Å². The first kappa shape index (κ1) is 38.0. The summed E-state index contributed by atoms with van der Waals surface area (Å²) in [5.41, 5.74) is 5.20. The first-order valence-electron chi connectivity index (χ1n) is 16.9. The molecule has 0 saturated heterocycles. The Balaban J connectivity index is 0.000000197. The molecule has 2 aliphatic rings. The van der Waals surface area contributed by atoms with Gasteiger partial charge in [-0.2, -0.15) is 24.2 Å². The Bertz CT molecular complexity index is 1110. The van der Waals surface area contributed by atoms with Gasteiger partial charge >= 0.3 is 39.3 Å². The van der Waals surface area contributed by atoms with Gasteiger partial charge in [0, 0.05) is 0 Å². The zero-order valence-corrected chi connectivity index (χ0v) is 31.4. The van der Waals surface area contributed by atoms with Crippen LogP contribution in [0.2, 0.25) is 0 Å². The van der Waals surface area contributed by atoms with Crippen molar-refractivity contribution in [3.8, 4) is 0 Å². The molecule has 0 heterocycles. The molecule has 2 saturated carbocycles. The Morgan fingerprint density at radius 3 is 0.766 bits per heavy atom. The molecule has 0 spiro atoms. The summed E-state index contributed by atoms with van der Waals surface area (Å²) in [6.45, 7) is 3.29. The number of benzene rings is 4. The van der Waals surface area contributed by atoms with E-state index >= 15 is 0 Å². The normalized spacial score (nSPS) is 20.7. The molecular weight excluding hydrogens is 755 g/mol. The Labute approximate surface area is 304 Å². The molecule has 256 valence electrons. The van der Waals surface area contributed by atoms with E-state index in [1.807, 2.05) is 0 Å². The second kappa shape index (κ2) is 23.5. The third kappa shape index (κ3) is 15.1. The number of hydrogen-bond donors (Lipinski definition) is 0. The molecule has 6 rings (SSSR count). The maximum absolute atomic E-state index is 4.95. The van der Waals surface area contributed by atoms with Crippen molar-refractivity contribution in [2.24, 2.45) is 0 Å². The van der Waals surface area contributed by atoms with Gasteiger partial charge in [0.05, 0.1) is 0 Å². The molecule has 4 atom stereocenters. The molecular formula is C40H48Br2N4Ni-4. The van der Waals surface area contributed by atoms with Gasteiger partial charge in [-0.15, -0.1) is 26.2 Å². The van der Waals surface area contributed by atoms with E-state index in [4.69, 9.17) is 21.3 Å². The van der Waals surface area contributed by atoms with Crippen LogP contribution in [0.15, 0.2) is 121 Å². The maximum Gasteiger partial charge on any atom is -0.0548 e. The van der Waals surface area contributed by atoms with Crippen LogP contribution in [0, 0.1) is 0 Å². The summed E-state index contributed by atoms with van der Waals surface area (Å²) in [6.07, 6.45) is 9.93. The summed E-state index contributed by atoms with van der Waals surface area (Å²) in [6, 6.07) is 43.8. The average Bonchev–Trinajstić information content (AvgIpc) is 3.14. The smallest absolute Gasteiger partial charge is 0.0548 e. The van der Waals surface area contributed by atoms with Crippen molar-refractivity contribution in [2.75, 3.05) is 0 Å². The quantitative estimate of drug-likeness (QED) is 0.128. The van der Waals surface area contributed by atoms with Gasteiger partial charge in [-0.1, -0.05) is 195 Å². The van der Waals surface area contributed by atoms with E-state index in [-0.39, 0.29) is 0 Å². The summed E-state index contributed by atoms with van der Waals surface area (Å²) < 4.78 is 0. The first-order valence-corrected chi connectivity index (χ1v) is 21.8. The SMILES string of the molecule is [Br][Ni][Br].c1ccc(C[N-]C2CCCC[C@H]2[N-]Cc2ccccc2)cc1.c1ccc(C[N-][C@@H]2CCCC[C@H]2[N-]Cc2ccccc2)cc1. The van der Waals surface area contributed by atoms with Crippen molar-refractivity contribution < 1.29 is 10.9 Å². The Morgan fingerprint density at radius 2 is 0.574 bits per heavy atom. The maximum atomic E-state index is 4.95. The number of hydrogen-bond acceptors (Lipinski definition) is 0. The van der Waals surface area contributed by atoms with Crippen molar-refractivity contribution >= 4 is 28.5 Å². The van der Waals surface area contributed by atoms with E-state index in [0.717, 1.165) is 26.2 Å². The Morgan fingerprint density at radius 1 is 0.383 bits per heavy atom. The largest absolute Gasteiger partial charge is 0.657 e. The second-order valence-corrected chi connectivity index (χ2v) is 17.2. The van der Waals surface area contributed by atoms with Crippen LogP contribution in [-0.4, -0.2) is 24.2 Å². The van der Waals surface area contributed by atoms with Gasteiger partial charge in [-0.3, -0.25) is 0 Å². The van der Waals surface area contributed by atoms with E-state index in [0.29, 0.717) is 24.2 Å². The third-order valence-corrected chi connectivity index (χ3v) is 8.79. The summed E-state index contributed by atoms with van der Waals surface area (Å²) in [5.74, 6) is 0. The predicted molar refractivity (Wildman–Crippen MR) is 204 cm³/mol. The molecule has 4 aromatic rings. The topological polar surface area (TPSA) is 56.4 Å². The number of rotatable bonds is 12. The fraction of sp³-hybridized carbons (Fsp3) is 0.400. The average molecular weight is 803 g/mol. The second-order valence-electron chi connectivity index (χ2n) is 12.2. The van der Waals surface area contributed by atoms with E-state index in [9.17, 15) is 0 Å². The zero-order chi connectivity index (χ0) is 32.8. The monoisotopic (exact) mass is 800 g/mol. The van der Waals surface area contributed by atoms with Crippen molar-refractivity contribution in [1.82, 2.24) is 0 Å². The van der Waals surface area contributed by atoms with Gasteiger partial charge in [0.2, 0.25) is 0 Å².